The van der Waals surface area contributed by atoms with Crippen molar-refractivity contribution in [2.75, 3.05) is 0 Å². The molecule has 3 rings (SSSR count). The second-order valence-electron chi connectivity index (χ2n) is 8.22. The third-order valence-corrected chi connectivity index (χ3v) is 6.57. The normalized spacial score (nSPS) is 30.4. The number of benzene rings is 1. The second-order valence-corrected chi connectivity index (χ2v) is 8.22. The largest absolute Gasteiger partial charge is 0.507 e. The van der Waals surface area contributed by atoms with E-state index in [1.807, 2.05) is 0 Å². The van der Waals surface area contributed by atoms with Crippen molar-refractivity contribution in [3.05, 3.63) is 77.9 Å². The van der Waals surface area contributed by atoms with Crippen LogP contribution in [0.4, 0.5) is 0 Å². The van der Waals surface area contributed by atoms with Gasteiger partial charge in [0.05, 0.1) is 0 Å². The Morgan fingerprint density at radius 1 is 0.800 bits per heavy atom. The van der Waals surface area contributed by atoms with Gasteiger partial charge in [-0.3, -0.25) is 0 Å². The number of hydrogen-bond donors (Lipinski definition) is 1. The zero-order valence-electron chi connectivity index (χ0n) is 15.9. The molecule has 0 amide bonds. The van der Waals surface area contributed by atoms with Crippen LogP contribution in [0.25, 0.3) is 0 Å². The lowest BCUT2D eigenvalue weighted by Crippen LogP contribution is -2.24. The molecule has 0 radical (unpaired) electrons. The summed E-state index contributed by atoms with van der Waals surface area (Å²) in [6.07, 6.45) is 19.5. The van der Waals surface area contributed by atoms with E-state index in [4.69, 9.17) is 0 Å². The number of rotatable bonds is 4. The molecule has 1 N–H and O–H groups in total. The summed E-state index contributed by atoms with van der Waals surface area (Å²) < 4.78 is 0. The zero-order chi connectivity index (χ0) is 18.1. The molecule has 2 aliphatic rings. The Balaban J connectivity index is 1.95. The molecule has 1 heteroatoms. The highest BCUT2D eigenvalue weighted by Gasteiger charge is 2.35. The smallest absolute Gasteiger partial charge is 0.122 e. The number of allylic oxidation sites excluding steroid dienone is 8. The molecule has 0 heterocycles. The van der Waals surface area contributed by atoms with Crippen molar-refractivity contribution in [3.63, 3.8) is 0 Å². The van der Waals surface area contributed by atoms with Crippen LogP contribution >= 0.6 is 0 Å². The maximum Gasteiger partial charge on any atom is 0.122 e. The van der Waals surface area contributed by atoms with E-state index in [1.54, 1.807) is 0 Å². The summed E-state index contributed by atoms with van der Waals surface area (Å²) in [6, 6.07) is 6.29. The highest BCUT2D eigenvalue weighted by molar-refractivity contribution is 5.47. The first-order chi connectivity index (χ1) is 11.9. The Kier molecular flexibility index (Phi) is 4.77. The molecule has 132 valence electrons. The minimum atomic E-state index is 0.0471. The van der Waals surface area contributed by atoms with Gasteiger partial charge in [0.25, 0.3) is 0 Å². The fourth-order valence-electron chi connectivity index (χ4n) is 4.12. The lowest BCUT2D eigenvalue weighted by molar-refractivity contribution is 0.328. The van der Waals surface area contributed by atoms with Crippen LogP contribution in [0.15, 0.2) is 66.8 Å². The van der Waals surface area contributed by atoms with Crippen molar-refractivity contribution in [3.8, 4) is 5.75 Å². The zero-order valence-corrected chi connectivity index (χ0v) is 15.9. The molecule has 1 aromatic rings. The summed E-state index contributed by atoms with van der Waals surface area (Å²) in [5.74, 6) is 1.00. The van der Waals surface area contributed by atoms with Crippen LogP contribution in [0, 0.1) is 10.8 Å². The Morgan fingerprint density at radius 3 is 1.60 bits per heavy atom. The van der Waals surface area contributed by atoms with Gasteiger partial charge >= 0.3 is 0 Å². The van der Waals surface area contributed by atoms with Gasteiger partial charge in [-0.05, 0) is 46.6 Å². The van der Waals surface area contributed by atoms with Crippen LogP contribution in [0.3, 0.4) is 0 Å². The van der Waals surface area contributed by atoms with Crippen LogP contribution in [-0.4, -0.2) is 5.11 Å². The average Bonchev–Trinajstić information content (AvgIpc) is 2.62. The van der Waals surface area contributed by atoms with E-state index in [0.29, 0.717) is 5.75 Å². The molecule has 0 saturated carbocycles. The molecule has 4 unspecified atom stereocenters. The first kappa shape index (κ1) is 17.8. The lowest BCUT2D eigenvalue weighted by atomic mass is 9.68. The summed E-state index contributed by atoms with van der Waals surface area (Å²) in [5, 5.41) is 11.1. The Hall–Kier alpha value is -2.02. The summed E-state index contributed by atoms with van der Waals surface area (Å²) >= 11 is 0. The van der Waals surface area contributed by atoms with Gasteiger partial charge in [-0.2, -0.15) is 0 Å². The molecular formula is C24H30O. The van der Waals surface area contributed by atoms with E-state index in [1.165, 1.54) is 0 Å². The van der Waals surface area contributed by atoms with Crippen molar-refractivity contribution in [1.82, 2.24) is 0 Å². The molecule has 4 atom stereocenters. The first-order valence-corrected chi connectivity index (χ1v) is 9.38. The maximum atomic E-state index is 11.1. The van der Waals surface area contributed by atoms with Gasteiger partial charge in [0.1, 0.15) is 5.75 Å². The molecule has 2 aliphatic carbocycles. The first-order valence-electron chi connectivity index (χ1n) is 9.38. The van der Waals surface area contributed by atoms with Gasteiger partial charge < -0.3 is 5.11 Å². The predicted octanol–water partition coefficient (Wildman–Crippen LogP) is 6.64. The summed E-state index contributed by atoms with van der Waals surface area (Å²) in [7, 11) is 0. The quantitative estimate of drug-likeness (QED) is 0.654. The van der Waals surface area contributed by atoms with Crippen LogP contribution in [0.1, 0.15) is 63.5 Å². The second kappa shape index (κ2) is 6.71. The number of hydrogen-bond acceptors (Lipinski definition) is 1. The van der Waals surface area contributed by atoms with Crippen molar-refractivity contribution in [2.24, 2.45) is 10.8 Å². The predicted molar refractivity (Wildman–Crippen MR) is 107 cm³/mol. The molecule has 0 saturated heterocycles. The molecular weight excluding hydrogens is 304 g/mol. The monoisotopic (exact) mass is 334 g/mol. The van der Waals surface area contributed by atoms with Gasteiger partial charge in [0.15, 0.2) is 0 Å². The summed E-state index contributed by atoms with van der Waals surface area (Å²) in [4.78, 5) is 0. The van der Waals surface area contributed by atoms with Crippen molar-refractivity contribution in [1.29, 1.82) is 0 Å². The molecule has 1 aromatic carbocycles. The Labute approximate surface area is 152 Å². The number of phenolic OH excluding ortho intramolecular Hbond substituents is 1. The standard InChI is InChI=1S/C24H30O/c1-18(23(3)14-7-5-8-15-23)20-12-11-13-21(22(20)25)19(2)24(4)16-9-6-10-17-24/h5-14,16,18-19,25H,15,17H2,1-4H3. The van der Waals surface area contributed by atoms with Crippen LogP contribution in [0.5, 0.6) is 5.75 Å². The maximum absolute atomic E-state index is 11.1. The SMILES string of the molecule is CC(c1cccc(C(C)C2(C)C=CC=CC2)c1O)C1(C)C=CC=CC1. The van der Waals surface area contributed by atoms with Crippen LogP contribution in [0.2, 0.25) is 0 Å². The van der Waals surface area contributed by atoms with Gasteiger partial charge in [-0.25, -0.2) is 0 Å². The number of aromatic hydroxyl groups is 1. The topological polar surface area (TPSA) is 20.2 Å². The van der Waals surface area contributed by atoms with E-state index < -0.39 is 0 Å². The van der Waals surface area contributed by atoms with E-state index >= 15 is 0 Å². The third-order valence-electron chi connectivity index (χ3n) is 6.57. The van der Waals surface area contributed by atoms with E-state index in [0.717, 1.165) is 24.0 Å². The third kappa shape index (κ3) is 3.25. The fraction of sp³-hybridized carbons (Fsp3) is 0.417. The molecule has 0 fully saturated rings. The van der Waals surface area contributed by atoms with Gasteiger partial charge in [-0.15, -0.1) is 0 Å². The van der Waals surface area contributed by atoms with E-state index in [-0.39, 0.29) is 22.7 Å². The Morgan fingerprint density at radius 2 is 1.24 bits per heavy atom. The van der Waals surface area contributed by atoms with Gasteiger partial charge in [0.2, 0.25) is 0 Å². The minimum absolute atomic E-state index is 0.0471. The van der Waals surface area contributed by atoms with Gasteiger partial charge in [0, 0.05) is 0 Å². The number of para-hydroxylation sites is 1. The highest BCUT2D eigenvalue weighted by atomic mass is 16.3. The average molecular weight is 335 g/mol. The molecule has 0 aromatic heterocycles. The minimum Gasteiger partial charge on any atom is -0.507 e. The van der Waals surface area contributed by atoms with Crippen LogP contribution < -0.4 is 0 Å². The Bertz CT molecular complexity index is 691. The molecule has 0 spiro atoms. The van der Waals surface area contributed by atoms with E-state index in [9.17, 15) is 5.11 Å². The van der Waals surface area contributed by atoms with Crippen molar-refractivity contribution in [2.45, 2.75) is 52.4 Å². The molecule has 0 bridgehead atoms. The van der Waals surface area contributed by atoms with Gasteiger partial charge in [-0.1, -0.05) is 94.5 Å². The van der Waals surface area contributed by atoms with E-state index in [2.05, 4.69) is 94.5 Å². The summed E-state index contributed by atoms with van der Waals surface area (Å²) in [5.41, 5.74) is 2.22. The van der Waals surface area contributed by atoms with Crippen LogP contribution in [-0.2, 0) is 0 Å². The number of phenols is 1. The highest BCUT2D eigenvalue weighted by Crippen LogP contribution is 2.49. The van der Waals surface area contributed by atoms with Crippen molar-refractivity contribution < 1.29 is 5.11 Å². The molecule has 1 nitrogen and oxygen atoms in total. The summed E-state index contributed by atoms with van der Waals surface area (Å²) in [6.45, 7) is 9.03. The molecule has 0 aliphatic heterocycles. The lowest BCUT2D eigenvalue weighted by Gasteiger charge is -2.37. The fourth-order valence-corrected chi connectivity index (χ4v) is 4.12. The van der Waals surface area contributed by atoms with Crippen molar-refractivity contribution >= 4 is 0 Å². The molecule has 25 heavy (non-hydrogen) atoms.